The Balaban J connectivity index is 5.24. The van der Waals surface area contributed by atoms with E-state index < -0.39 is 97.5 Å². The number of hydrogen-bond acceptors (Lipinski definition) is 15. The molecule has 0 saturated heterocycles. The predicted molar refractivity (Wildman–Crippen MR) is 469 cm³/mol. The number of phosphoric ester groups is 2. The van der Waals surface area contributed by atoms with E-state index >= 15 is 0 Å². The predicted octanol–water partition coefficient (Wildman–Crippen LogP) is 29.2. The molecule has 0 aliphatic heterocycles. The van der Waals surface area contributed by atoms with Crippen LogP contribution in [0.4, 0.5) is 0 Å². The fourth-order valence-electron chi connectivity index (χ4n) is 14.8. The highest BCUT2D eigenvalue weighted by molar-refractivity contribution is 7.47. The molecule has 0 aromatic carbocycles. The van der Waals surface area contributed by atoms with Crippen molar-refractivity contribution in [1.82, 2.24) is 0 Å². The summed E-state index contributed by atoms with van der Waals surface area (Å²) in [5, 5.41) is 10.7. The number of ether oxygens (including phenoxy) is 4. The van der Waals surface area contributed by atoms with Crippen molar-refractivity contribution in [2.24, 2.45) is 17.8 Å². The zero-order valence-electron chi connectivity index (χ0n) is 74.9. The van der Waals surface area contributed by atoms with E-state index in [1.165, 1.54) is 315 Å². The van der Waals surface area contributed by atoms with Crippen molar-refractivity contribution in [3.05, 3.63) is 0 Å². The van der Waals surface area contributed by atoms with Gasteiger partial charge in [0.15, 0.2) is 12.2 Å². The molecule has 0 bridgehead atoms. The van der Waals surface area contributed by atoms with Gasteiger partial charge in [0.2, 0.25) is 0 Å². The van der Waals surface area contributed by atoms with E-state index in [0.717, 1.165) is 108 Å². The minimum Gasteiger partial charge on any atom is -0.462 e. The lowest BCUT2D eigenvalue weighted by Crippen LogP contribution is -2.30. The van der Waals surface area contributed by atoms with Gasteiger partial charge < -0.3 is 33.8 Å². The molecule has 5 atom stereocenters. The third-order valence-electron chi connectivity index (χ3n) is 22.1. The summed E-state index contributed by atoms with van der Waals surface area (Å²) < 4.78 is 69.2. The lowest BCUT2D eigenvalue weighted by molar-refractivity contribution is -0.161. The number of carbonyl (C=O) groups excluding carboxylic acids is 4. The number of phosphoric acid groups is 2. The van der Waals surface area contributed by atoms with E-state index in [1.807, 2.05) is 0 Å². The Bertz CT molecular complexity index is 2170. The van der Waals surface area contributed by atoms with Crippen LogP contribution < -0.4 is 0 Å². The topological polar surface area (TPSA) is 237 Å². The first-order valence-corrected chi connectivity index (χ1v) is 51.3. The summed E-state index contributed by atoms with van der Waals surface area (Å²) in [4.78, 5) is 73.5. The number of unbranched alkanes of at least 4 members (excludes halogenated alkanes) is 60. The quantitative estimate of drug-likeness (QED) is 0.0222. The Kier molecular flexibility index (Phi) is 82.3. The van der Waals surface area contributed by atoms with E-state index in [0.29, 0.717) is 25.7 Å². The van der Waals surface area contributed by atoms with Crippen LogP contribution in [0.5, 0.6) is 0 Å². The average Bonchev–Trinajstić information content (AvgIpc) is 0.905. The summed E-state index contributed by atoms with van der Waals surface area (Å²) in [6, 6.07) is 0. The van der Waals surface area contributed by atoms with Crippen LogP contribution in [0.25, 0.3) is 0 Å². The summed E-state index contributed by atoms with van der Waals surface area (Å²) >= 11 is 0. The maximum atomic E-state index is 13.2. The van der Waals surface area contributed by atoms with Crippen molar-refractivity contribution in [3.63, 3.8) is 0 Å². The van der Waals surface area contributed by atoms with E-state index in [4.69, 9.17) is 37.0 Å². The van der Waals surface area contributed by atoms with Crippen molar-refractivity contribution in [2.45, 2.75) is 523 Å². The average molecular weight is 1650 g/mol. The Hall–Kier alpha value is -1.94. The molecule has 2 unspecified atom stereocenters. The molecule has 19 heteroatoms. The molecule has 17 nitrogen and oxygen atoms in total. The monoisotopic (exact) mass is 1650 g/mol. The molecule has 3 N–H and O–H groups in total. The van der Waals surface area contributed by atoms with Gasteiger partial charge in [-0.2, -0.15) is 0 Å². The molecule has 0 aromatic rings. The molecule has 672 valence electrons. The van der Waals surface area contributed by atoms with Crippen molar-refractivity contribution < 1.29 is 80.2 Å². The summed E-state index contributed by atoms with van der Waals surface area (Å²) in [5.41, 5.74) is 0. The highest BCUT2D eigenvalue weighted by atomic mass is 31.2. The maximum Gasteiger partial charge on any atom is 0.472 e. The summed E-state index contributed by atoms with van der Waals surface area (Å²) in [5.74, 6) is 0.360. The molecule has 0 spiro atoms. The summed E-state index contributed by atoms with van der Waals surface area (Å²) in [7, 11) is -9.94. The second kappa shape index (κ2) is 83.7. The van der Waals surface area contributed by atoms with Crippen LogP contribution in [0, 0.1) is 17.8 Å². The number of aliphatic hydroxyl groups is 1. The first-order valence-electron chi connectivity index (χ1n) is 48.3. The number of aliphatic hydroxyl groups excluding tert-OH is 1. The van der Waals surface area contributed by atoms with Gasteiger partial charge in [-0.25, -0.2) is 9.13 Å². The fraction of sp³-hybridized carbons (Fsp3) is 0.957. The van der Waals surface area contributed by atoms with Crippen LogP contribution in [0.3, 0.4) is 0 Å². The smallest absolute Gasteiger partial charge is 0.462 e. The minimum atomic E-state index is -4.97. The van der Waals surface area contributed by atoms with Gasteiger partial charge in [-0.3, -0.25) is 37.3 Å². The van der Waals surface area contributed by atoms with Gasteiger partial charge >= 0.3 is 39.5 Å². The van der Waals surface area contributed by atoms with Crippen molar-refractivity contribution >= 4 is 39.5 Å². The van der Waals surface area contributed by atoms with Crippen molar-refractivity contribution in [1.29, 1.82) is 0 Å². The van der Waals surface area contributed by atoms with Gasteiger partial charge in [0.05, 0.1) is 26.4 Å². The van der Waals surface area contributed by atoms with Crippen LogP contribution in [-0.4, -0.2) is 96.7 Å². The van der Waals surface area contributed by atoms with Gasteiger partial charge in [0, 0.05) is 25.7 Å². The Morgan fingerprint density at radius 3 is 0.602 bits per heavy atom. The van der Waals surface area contributed by atoms with Crippen LogP contribution >= 0.6 is 15.6 Å². The van der Waals surface area contributed by atoms with E-state index in [2.05, 4.69) is 48.5 Å². The Labute approximate surface area is 696 Å². The minimum absolute atomic E-state index is 0.109. The lowest BCUT2D eigenvalue weighted by atomic mass is 10.0. The lowest BCUT2D eigenvalue weighted by Gasteiger charge is -2.21. The molecule has 0 aliphatic rings. The first-order chi connectivity index (χ1) is 54.7. The molecule has 0 fully saturated rings. The molecule has 0 saturated carbocycles. The molecule has 0 rings (SSSR count). The standard InChI is InChI=1S/C94H184O17P2/c1-8-9-10-11-12-13-14-40-47-54-61-68-75-91(96)104-81-89(110-94(99)78-71-64-57-50-43-36-30-24-23-27-33-39-46-53-60-67-74-87(6)7)83-108-112(100,101)106-79-88(95)80-107-113(102,103)109-84-90(111-93(98)77-70-63-56-49-42-35-29-22-18-16-20-26-32-38-45-52-59-66-73-86(4)5)82-105-92(97)76-69-62-55-48-41-34-28-21-17-15-19-25-31-37-44-51-58-65-72-85(2)3/h85-90,95H,8-84H2,1-7H3,(H,100,101)(H,102,103)/t88-,89+,90+/m0/s1. The number of rotatable bonds is 92. The highest BCUT2D eigenvalue weighted by Crippen LogP contribution is 2.45. The largest absolute Gasteiger partial charge is 0.472 e. The normalized spacial score (nSPS) is 13.7. The first kappa shape index (κ1) is 111. The van der Waals surface area contributed by atoms with E-state index in [9.17, 15) is 43.2 Å². The summed E-state index contributed by atoms with van der Waals surface area (Å²) in [6.07, 6.45) is 77.8. The fourth-order valence-corrected chi connectivity index (χ4v) is 16.4. The molecule has 0 amide bonds. The SMILES string of the molecule is CCCCCCCCCCCCCCC(=O)OC[C@H](COP(=O)(O)OC[C@H](O)COP(=O)(O)OC[C@@H](COC(=O)CCCCCCCCCCCCCCCCCCCCC(C)C)OC(=O)CCCCCCCCCCCCCCCCCCCCC(C)C)OC(=O)CCCCCCCCCCCCCCCCCCC(C)C. The zero-order valence-corrected chi connectivity index (χ0v) is 76.7. The van der Waals surface area contributed by atoms with Crippen LogP contribution in [0.1, 0.15) is 504 Å². The number of carbonyl (C=O) groups is 4. The number of esters is 4. The van der Waals surface area contributed by atoms with Crippen molar-refractivity contribution in [3.8, 4) is 0 Å². The van der Waals surface area contributed by atoms with Crippen molar-refractivity contribution in [2.75, 3.05) is 39.6 Å². The summed E-state index contributed by atoms with van der Waals surface area (Å²) in [6.45, 7) is 12.1. The van der Waals surface area contributed by atoms with E-state index in [1.54, 1.807) is 0 Å². The zero-order chi connectivity index (χ0) is 82.9. The van der Waals surface area contributed by atoms with Gasteiger partial charge in [0.25, 0.3) is 0 Å². The number of hydrogen-bond donors (Lipinski definition) is 3. The highest BCUT2D eigenvalue weighted by Gasteiger charge is 2.31. The molecule has 113 heavy (non-hydrogen) atoms. The third kappa shape index (κ3) is 87.7. The molecule has 0 aliphatic carbocycles. The molecular formula is C94H184O17P2. The molecular weight excluding hydrogens is 1460 g/mol. The van der Waals surface area contributed by atoms with Crippen LogP contribution in [-0.2, 0) is 65.4 Å². The van der Waals surface area contributed by atoms with Crippen LogP contribution in [0.15, 0.2) is 0 Å². The third-order valence-corrected chi connectivity index (χ3v) is 24.0. The molecule has 0 radical (unpaired) electrons. The van der Waals surface area contributed by atoms with Gasteiger partial charge in [-0.15, -0.1) is 0 Å². The van der Waals surface area contributed by atoms with E-state index in [-0.39, 0.29) is 25.7 Å². The second-order valence-electron chi connectivity index (χ2n) is 35.2. The Morgan fingerprint density at radius 2 is 0.407 bits per heavy atom. The maximum absolute atomic E-state index is 13.2. The van der Waals surface area contributed by atoms with Gasteiger partial charge in [-0.05, 0) is 43.4 Å². The Morgan fingerprint density at radius 1 is 0.239 bits per heavy atom. The second-order valence-corrected chi connectivity index (χ2v) is 38.1. The molecule has 0 heterocycles. The van der Waals surface area contributed by atoms with Crippen LogP contribution in [0.2, 0.25) is 0 Å². The van der Waals surface area contributed by atoms with Gasteiger partial charge in [-0.1, -0.05) is 453 Å². The van der Waals surface area contributed by atoms with Gasteiger partial charge in [0.1, 0.15) is 19.3 Å². The molecule has 0 aromatic heterocycles.